The highest BCUT2D eigenvalue weighted by Gasteiger charge is 2.18. The SMILES string of the molecule is CCOC(=O)c1cc(-c2ccccc2)sc1NC(=S)NN. The highest BCUT2D eigenvalue weighted by Crippen LogP contribution is 2.35. The lowest BCUT2D eigenvalue weighted by molar-refractivity contribution is 0.0528. The molecule has 7 heteroatoms. The van der Waals surface area contributed by atoms with Gasteiger partial charge in [-0.05, 0) is 30.8 Å². The number of anilines is 1. The number of esters is 1. The van der Waals surface area contributed by atoms with E-state index in [9.17, 15) is 4.79 Å². The lowest BCUT2D eigenvalue weighted by Gasteiger charge is -2.06. The summed E-state index contributed by atoms with van der Waals surface area (Å²) in [7, 11) is 0. The van der Waals surface area contributed by atoms with Crippen molar-refractivity contribution in [2.24, 2.45) is 5.84 Å². The second kappa shape index (κ2) is 7.16. The van der Waals surface area contributed by atoms with E-state index >= 15 is 0 Å². The van der Waals surface area contributed by atoms with E-state index in [1.807, 2.05) is 30.3 Å². The number of carbonyl (C=O) groups is 1. The first kappa shape index (κ1) is 15.4. The molecule has 0 amide bonds. The molecule has 0 unspecified atom stereocenters. The fraction of sp³-hybridized carbons (Fsp3) is 0.143. The number of thiocarbonyl (C=S) groups is 1. The lowest BCUT2D eigenvalue weighted by Crippen LogP contribution is -2.34. The van der Waals surface area contributed by atoms with Gasteiger partial charge in [0.2, 0.25) is 0 Å². The third-order valence-electron chi connectivity index (χ3n) is 2.64. The average Bonchev–Trinajstić information content (AvgIpc) is 2.92. The Morgan fingerprint density at radius 2 is 2.10 bits per heavy atom. The van der Waals surface area contributed by atoms with Gasteiger partial charge in [-0.1, -0.05) is 30.3 Å². The summed E-state index contributed by atoms with van der Waals surface area (Å²) >= 11 is 6.40. The summed E-state index contributed by atoms with van der Waals surface area (Å²) in [6.45, 7) is 2.08. The zero-order chi connectivity index (χ0) is 15.2. The second-order valence-corrected chi connectivity index (χ2v) is 5.50. The van der Waals surface area contributed by atoms with Gasteiger partial charge >= 0.3 is 5.97 Å². The van der Waals surface area contributed by atoms with Crippen LogP contribution in [0.5, 0.6) is 0 Å². The van der Waals surface area contributed by atoms with Gasteiger partial charge in [-0.3, -0.25) is 0 Å². The maximum absolute atomic E-state index is 12.0. The quantitative estimate of drug-likeness (QED) is 0.348. The number of hydrogen-bond donors (Lipinski definition) is 3. The molecule has 110 valence electrons. The molecule has 0 spiro atoms. The summed E-state index contributed by atoms with van der Waals surface area (Å²) in [6, 6.07) is 11.6. The van der Waals surface area contributed by atoms with Crippen LogP contribution in [0.3, 0.4) is 0 Å². The largest absolute Gasteiger partial charge is 0.462 e. The summed E-state index contributed by atoms with van der Waals surface area (Å²) in [5, 5.41) is 3.75. The molecular weight excluding hydrogens is 306 g/mol. The van der Waals surface area contributed by atoms with Gasteiger partial charge in [-0.15, -0.1) is 11.3 Å². The van der Waals surface area contributed by atoms with Crippen molar-refractivity contribution in [2.75, 3.05) is 11.9 Å². The van der Waals surface area contributed by atoms with Crippen LogP contribution >= 0.6 is 23.6 Å². The maximum Gasteiger partial charge on any atom is 0.341 e. The van der Waals surface area contributed by atoms with E-state index in [0.29, 0.717) is 17.2 Å². The molecule has 4 N–H and O–H groups in total. The Bertz CT molecular complexity index is 641. The minimum Gasteiger partial charge on any atom is -0.462 e. The third-order valence-corrected chi connectivity index (χ3v) is 3.96. The van der Waals surface area contributed by atoms with Crippen LogP contribution in [0.1, 0.15) is 17.3 Å². The minimum atomic E-state index is -0.391. The van der Waals surface area contributed by atoms with Crippen molar-refractivity contribution < 1.29 is 9.53 Å². The van der Waals surface area contributed by atoms with Crippen molar-refractivity contribution in [3.63, 3.8) is 0 Å². The molecule has 0 radical (unpaired) electrons. The predicted octanol–water partition coefficient (Wildman–Crippen LogP) is 2.75. The van der Waals surface area contributed by atoms with Crippen molar-refractivity contribution >= 4 is 39.6 Å². The van der Waals surface area contributed by atoms with Crippen molar-refractivity contribution in [1.29, 1.82) is 0 Å². The fourth-order valence-electron chi connectivity index (χ4n) is 1.73. The second-order valence-electron chi connectivity index (χ2n) is 4.04. The monoisotopic (exact) mass is 321 g/mol. The van der Waals surface area contributed by atoms with Gasteiger partial charge < -0.3 is 15.5 Å². The van der Waals surface area contributed by atoms with Gasteiger partial charge in [-0.2, -0.15) is 0 Å². The minimum absolute atomic E-state index is 0.238. The van der Waals surface area contributed by atoms with Crippen LogP contribution in [-0.4, -0.2) is 17.7 Å². The topological polar surface area (TPSA) is 76.4 Å². The summed E-state index contributed by atoms with van der Waals surface area (Å²) in [5.41, 5.74) is 3.80. The van der Waals surface area contributed by atoms with Crippen molar-refractivity contribution in [3.8, 4) is 10.4 Å². The van der Waals surface area contributed by atoms with Gasteiger partial charge in [0.25, 0.3) is 0 Å². The van der Waals surface area contributed by atoms with Crippen LogP contribution < -0.4 is 16.6 Å². The average molecular weight is 321 g/mol. The third kappa shape index (κ3) is 3.78. The number of carbonyl (C=O) groups excluding carboxylic acids is 1. The molecule has 0 aliphatic rings. The molecule has 5 nitrogen and oxygen atoms in total. The van der Waals surface area contributed by atoms with E-state index in [2.05, 4.69) is 10.7 Å². The number of hydrogen-bond acceptors (Lipinski definition) is 5. The number of thiophene rings is 1. The van der Waals surface area contributed by atoms with Crippen LogP contribution in [0, 0.1) is 0 Å². The zero-order valence-corrected chi connectivity index (χ0v) is 13.0. The molecule has 21 heavy (non-hydrogen) atoms. The molecule has 0 saturated carbocycles. The summed E-state index contributed by atoms with van der Waals surface area (Å²) in [5.74, 6) is 4.87. The number of hydrazine groups is 1. The molecule has 0 aliphatic carbocycles. The molecule has 0 fully saturated rings. The van der Waals surface area contributed by atoms with E-state index in [-0.39, 0.29) is 5.11 Å². The number of rotatable bonds is 4. The number of benzene rings is 1. The first-order valence-corrected chi connectivity index (χ1v) is 7.52. The van der Waals surface area contributed by atoms with Gasteiger partial charge in [0.1, 0.15) is 5.00 Å². The summed E-state index contributed by atoms with van der Waals surface area (Å²) in [6.07, 6.45) is 0. The Morgan fingerprint density at radius 3 is 2.71 bits per heavy atom. The van der Waals surface area contributed by atoms with E-state index < -0.39 is 5.97 Å². The van der Waals surface area contributed by atoms with Gasteiger partial charge in [0.05, 0.1) is 12.2 Å². The highest BCUT2D eigenvalue weighted by atomic mass is 32.1. The van der Waals surface area contributed by atoms with Crippen molar-refractivity contribution in [1.82, 2.24) is 5.43 Å². The lowest BCUT2D eigenvalue weighted by atomic mass is 10.1. The fourth-order valence-corrected chi connectivity index (χ4v) is 2.95. The molecule has 0 saturated heterocycles. The van der Waals surface area contributed by atoms with Gasteiger partial charge in [-0.25, -0.2) is 10.6 Å². The maximum atomic E-state index is 12.0. The number of ether oxygens (including phenoxy) is 1. The van der Waals surface area contributed by atoms with Crippen LogP contribution in [0.25, 0.3) is 10.4 Å². The van der Waals surface area contributed by atoms with E-state index in [1.54, 1.807) is 13.0 Å². The zero-order valence-electron chi connectivity index (χ0n) is 11.4. The molecule has 1 heterocycles. The van der Waals surface area contributed by atoms with Gasteiger partial charge in [0, 0.05) is 4.88 Å². The molecular formula is C14H15N3O2S2. The van der Waals surface area contributed by atoms with Gasteiger partial charge in [0.15, 0.2) is 5.11 Å². The molecule has 0 atom stereocenters. The normalized spacial score (nSPS) is 10.0. The predicted molar refractivity (Wildman–Crippen MR) is 89.3 cm³/mol. The Kier molecular flexibility index (Phi) is 5.26. The molecule has 0 bridgehead atoms. The summed E-state index contributed by atoms with van der Waals surface area (Å²) < 4.78 is 5.07. The Balaban J connectivity index is 2.39. The van der Waals surface area contributed by atoms with Crippen molar-refractivity contribution in [2.45, 2.75) is 6.92 Å². The van der Waals surface area contributed by atoms with E-state index in [4.69, 9.17) is 22.8 Å². The first-order chi connectivity index (χ1) is 10.2. The highest BCUT2D eigenvalue weighted by molar-refractivity contribution is 7.80. The summed E-state index contributed by atoms with van der Waals surface area (Å²) in [4.78, 5) is 13.0. The number of nitrogens with one attached hydrogen (secondary N) is 2. The smallest absolute Gasteiger partial charge is 0.341 e. The molecule has 1 aromatic heterocycles. The van der Waals surface area contributed by atoms with Crippen LogP contribution in [0.4, 0.5) is 5.00 Å². The number of nitrogens with two attached hydrogens (primary N) is 1. The molecule has 2 aromatic rings. The molecule has 0 aliphatic heterocycles. The Morgan fingerprint density at radius 1 is 1.38 bits per heavy atom. The molecule has 2 rings (SSSR count). The Labute approximate surface area is 132 Å². The Hall–Kier alpha value is -1.96. The first-order valence-electron chi connectivity index (χ1n) is 6.29. The van der Waals surface area contributed by atoms with Crippen LogP contribution in [-0.2, 0) is 4.74 Å². The van der Waals surface area contributed by atoms with E-state index in [1.165, 1.54) is 11.3 Å². The molecule has 1 aromatic carbocycles. The van der Waals surface area contributed by atoms with Crippen molar-refractivity contribution in [3.05, 3.63) is 42.0 Å². The van der Waals surface area contributed by atoms with Crippen LogP contribution in [0.15, 0.2) is 36.4 Å². The van der Waals surface area contributed by atoms with Crippen LogP contribution in [0.2, 0.25) is 0 Å². The van der Waals surface area contributed by atoms with E-state index in [0.717, 1.165) is 10.4 Å². The standard InChI is InChI=1S/C14H15N3O2S2/c1-2-19-13(18)10-8-11(9-6-4-3-5-7-9)21-12(10)16-14(20)17-15/h3-8H,2,15H2,1H3,(H2,16,17,20).